The van der Waals surface area contributed by atoms with Crippen LogP contribution in [-0.2, 0) is 4.79 Å². The molecule has 1 heterocycles. The van der Waals surface area contributed by atoms with Crippen molar-refractivity contribution in [1.82, 2.24) is 5.43 Å². The van der Waals surface area contributed by atoms with Gasteiger partial charge in [-0.05, 0) is 0 Å². The van der Waals surface area contributed by atoms with E-state index < -0.39 is 0 Å². The van der Waals surface area contributed by atoms with Gasteiger partial charge in [-0.25, -0.2) is 0 Å². The fraction of sp³-hybridized carbons (Fsp3) is 0.333. The Bertz CT molecular complexity index is 101. The van der Waals surface area contributed by atoms with Crippen molar-refractivity contribution in [2.45, 2.75) is 0 Å². The van der Waals surface area contributed by atoms with Gasteiger partial charge in [0, 0.05) is 0 Å². The number of rotatable bonds is 0. The number of halogens is 1. The van der Waals surface area contributed by atoms with Gasteiger partial charge in [-0.1, -0.05) is 0 Å². The molecule has 1 aliphatic rings. The summed E-state index contributed by atoms with van der Waals surface area (Å²) >= 11 is 0. The monoisotopic (exact) mass is 120 g/mol. The maximum atomic E-state index is 10.0. The minimum atomic E-state index is 0. The normalized spacial score (nSPS) is 15.7. The molecule has 0 radical (unpaired) electrons. The molecule has 0 atom stereocenters. The van der Waals surface area contributed by atoms with Crippen LogP contribution in [0.15, 0.2) is 5.10 Å². The molecule has 1 N–H and O–H groups in total. The molecule has 0 aromatic heterocycles. The second kappa shape index (κ2) is 2.58. The summed E-state index contributed by atoms with van der Waals surface area (Å²) in [6, 6.07) is 0. The van der Waals surface area contributed by atoms with Gasteiger partial charge in [0.15, 0.2) is 5.78 Å². The van der Waals surface area contributed by atoms with E-state index in [1.165, 1.54) is 6.21 Å². The van der Waals surface area contributed by atoms with E-state index in [0.717, 1.165) is 0 Å². The molecule has 0 aromatic carbocycles. The lowest BCUT2D eigenvalue weighted by Gasteiger charge is -1.75. The molecule has 7 heavy (non-hydrogen) atoms. The van der Waals surface area contributed by atoms with Crippen molar-refractivity contribution in [3.63, 3.8) is 0 Å². The molecule has 0 saturated heterocycles. The quantitative estimate of drug-likeness (QED) is 0.471. The van der Waals surface area contributed by atoms with Crippen molar-refractivity contribution in [1.29, 1.82) is 0 Å². The van der Waals surface area contributed by atoms with Gasteiger partial charge in [0.2, 0.25) is 0 Å². The molecule has 0 aromatic rings. The van der Waals surface area contributed by atoms with Crippen molar-refractivity contribution in [3.8, 4) is 0 Å². The molecule has 0 spiro atoms. The zero-order valence-corrected chi connectivity index (χ0v) is 4.36. The van der Waals surface area contributed by atoms with Crippen LogP contribution in [0.5, 0.6) is 0 Å². The Hall–Kier alpha value is -0.570. The molecule has 0 unspecified atom stereocenters. The van der Waals surface area contributed by atoms with Crippen molar-refractivity contribution in [2.24, 2.45) is 5.10 Å². The number of Topliss-reactive ketones (excluding diaryl/α,β-unsaturated/α-hetero) is 1. The Morgan fingerprint density at radius 3 is 2.71 bits per heavy atom. The molecule has 1 rings (SSSR count). The third-order valence-electron chi connectivity index (χ3n) is 0.553. The minimum Gasteiger partial charge on any atom is -0.302 e. The second-order valence-corrected chi connectivity index (χ2v) is 1.06. The second-order valence-electron chi connectivity index (χ2n) is 1.06. The predicted octanol–water partition coefficient (Wildman–Crippen LogP) is -0.434. The SMILES string of the molecule is Cl.O=C1C=NNC1. The van der Waals surface area contributed by atoms with Crippen molar-refractivity contribution in [3.05, 3.63) is 0 Å². The predicted molar refractivity (Wildman–Crippen MR) is 28.7 cm³/mol. The first-order chi connectivity index (χ1) is 2.89. The topological polar surface area (TPSA) is 41.5 Å². The first kappa shape index (κ1) is 6.43. The number of hydrazone groups is 1. The molecule has 0 saturated carbocycles. The highest BCUT2D eigenvalue weighted by Crippen LogP contribution is 1.71. The average molecular weight is 121 g/mol. The van der Waals surface area contributed by atoms with Crippen LogP contribution < -0.4 is 5.43 Å². The zero-order valence-electron chi connectivity index (χ0n) is 3.55. The van der Waals surface area contributed by atoms with Crippen molar-refractivity contribution in [2.75, 3.05) is 6.54 Å². The molecule has 1 aliphatic heterocycles. The van der Waals surface area contributed by atoms with E-state index in [1.54, 1.807) is 0 Å². The molecule has 0 amide bonds. The smallest absolute Gasteiger partial charge is 0.196 e. The summed E-state index contributed by atoms with van der Waals surface area (Å²) < 4.78 is 0. The summed E-state index contributed by atoms with van der Waals surface area (Å²) in [6.07, 6.45) is 1.28. The van der Waals surface area contributed by atoms with Crippen LogP contribution in [0.25, 0.3) is 0 Å². The lowest BCUT2D eigenvalue weighted by atomic mass is 10.5. The Morgan fingerprint density at radius 2 is 2.57 bits per heavy atom. The fourth-order valence-corrected chi connectivity index (χ4v) is 0.287. The van der Waals surface area contributed by atoms with Crippen LogP contribution >= 0.6 is 12.4 Å². The Labute approximate surface area is 47.2 Å². The summed E-state index contributed by atoms with van der Waals surface area (Å²) in [5.74, 6) is 0.0509. The summed E-state index contributed by atoms with van der Waals surface area (Å²) in [4.78, 5) is 10.0. The minimum absolute atomic E-state index is 0. The molecule has 40 valence electrons. The molecule has 3 nitrogen and oxygen atoms in total. The Balaban J connectivity index is 0.000000360. The van der Waals surface area contributed by atoms with Gasteiger partial charge in [-0.2, -0.15) is 5.10 Å². The molecule has 0 aliphatic carbocycles. The maximum absolute atomic E-state index is 10.0. The number of nitrogens with zero attached hydrogens (tertiary/aromatic N) is 1. The number of hydrogen-bond donors (Lipinski definition) is 1. The summed E-state index contributed by atoms with van der Waals surface area (Å²) in [6.45, 7) is 0.375. The third kappa shape index (κ3) is 1.55. The fourth-order valence-electron chi connectivity index (χ4n) is 0.287. The van der Waals surface area contributed by atoms with E-state index in [-0.39, 0.29) is 18.2 Å². The van der Waals surface area contributed by atoms with E-state index >= 15 is 0 Å². The highest BCUT2D eigenvalue weighted by Gasteiger charge is 1.98. The van der Waals surface area contributed by atoms with Gasteiger partial charge in [0.25, 0.3) is 0 Å². The molecular formula is C3H5ClN2O. The summed E-state index contributed by atoms with van der Waals surface area (Å²) in [7, 11) is 0. The van der Waals surface area contributed by atoms with Gasteiger partial charge in [-0.15, -0.1) is 12.4 Å². The van der Waals surface area contributed by atoms with Crippen LogP contribution in [0.1, 0.15) is 0 Å². The van der Waals surface area contributed by atoms with Crippen LogP contribution in [-0.4, -0.2) is 18.5 Å². The van der Waals surface area contributed by atoms with Crippen LogP contribution in [0.3, 0.4) is 0 Å². The molecular weight excluding hydrogens is 115 g/mol. The van der Waals surface area contributed by atoms with E-state index in [2.05, 4.69) is 10.5 Å². The van der Waals surface area contributed by atoms with Crippen LogP contribution in [0, 0.1) is 0 Å². The highest BCUT2D eigenvalue weighted by atomic mass is 35.5. The third-order valence-corrected chi connectivity index (χ3v) is 0.553. The summed E-state index contributed by atoms with van der Waals surface area (Å²) in [5.41, 5.74) is 2.49. The lowest BCUT2D eigenvalue weighted by Crippen LogP contribution is -2.07. The Morgan fingerprint density at radius 1 is 1.86 bits per heavy atom. The average Bonchev–Trinajstić information content (AvgIpc) is 1.86. The number of ketones is 1. The number of nitrogens with one attached hydrogen (secondary N) is 1. The zero-order chi connectivity index (χ0) is 4.41. The first-order valence-electron chi connectivity index (χ1n) is 1.68. The van der Waals surface area contributed by atoms with Crippen LogP contribution in [0.4, 0.5) is 0 Å². The standard InChI is InChI=1S/C3H4N2O.ClH/c6-3-1-4-5-2-3;/h1,5H,2H2;1H. The van der Waals surface area contributed by atoms with Gasteiger partial charge in [0.05, 0.1) is 12.8 Å². The molecule has 0 fully saturated rings. The molecule has 0 bridgehead atoms. The van der Waals surface area contributed by atoms with Gasteiger partial charge in [-0.3, -0.25) is 4.79 Å². The highest BCUT2D eigenvalue weighted by molar-refractivity contribution is 6.29. The molecule has 4 heteroatoms. The van der Waals surface area contributed by atoms with Gasteiger partial charge >= 0.3 is 0 Å². The van der Waals surface area contributed by atoms with Crippen molar-refractivity contribution < 1.29 is 4.79 Å². The first-order valence-corrected chi connectivity index (χ1v) is 1.68. The largest absolute Gasteiger partial charge is 0.302 e. The number of carbonyl (C=O) groups is 1. The van der Waals surface area contributed by atoms with E-state index in [9.17, 15) is 4.79 Å². The Kier molecular flexibility index (Phi) is 2.37. The van der Waals surface area contributed by atoms with Gasteiger partial charge in [0.1, 0.15) is 0 Å². The summed E-state index contributed by atoms with van der Waals surface area (Å²) in [5, 5.41) is 3.44. The van der Waals surface area contributed by atoms with E-state index in [4.69, 9.17) is 0 Å². The number of carbonyl (C=O) groups excluding carboxylic acids is 1. The lowest BCUT2D eigenvalue weighted by molar-refractivity contribution is -0.111. The van der Waals surface area contributed by atoms with E-state index in [1.807, 2.05) is 0 Å². The maximum Gasteiger partial charge on any atom is 0.196 e. The number of hydrogen-bond acceptors (Lipinski definition) is 3. The van der Waals surface area contributed by atoms with Crippen LogP contribution in [0.2, 0.25) is 0 Å². The van der Waals surface area contributed by atoms with E-state index in [0.29, 0.717) is 6.54 Å². The van der Waals surface area contributed by atoms with Crippen molar-refractivity contribution >= 4 is 24.4 Å². The van der Waals surface area contributed by atoms with Gasteiger partial charge < -0.3 is 5.43 Å².